The average molecular weight is 610 g/mol. The fourth-order valence-electron chi connectivity index (χ4n) is 4.36. The summed E-state index contributed by atoms with van der Waals surface area (Å²) in [6.07, 6.45) is -6.00. The lowest BCUT2D eigenvalue weighted by atomic mass is 9.90. The van der Waals surface area contributed by atoms with Crippen LogP contribution in [0.3, 0.4) is 0 Å². The Labute approximate surface area is 239 Å². The molecule has 1 atom stereocenters. The fourth-order valence-corrected chi connectivity index (χ4v) is 4.36. The van der Waals surface area contributed by atoms with E-state index in [0.29, 0.717) is 23.8 Å². The second-order valence-corrected chi connectivity index (χ2v) is 9.49. The van der Waals surface area contributed by atoms with Crippen molar-refractivity contribution >= 4 is 0 Å². The smallest absolute Gasteiger partial charge is 0.429 e. The van der Waals surface area contributed by atoms with Crippen molar-refractivity contribution in [3.8, 4) is 11.8 Å². The van der Waals surface area contributed by atoms with Gasteiger partial charge in [-0.3, -0.25) is 0 Å². The topological polar surface area (TPSA) is 9.23 Å². The molecule has 4 rings (SSSR count). The number of hydrogen-bond donors (Lipinski definition) is 0. The summed E-state index contributed by atoms with van der Waals surface area (Å²) in [5.74, 6) is -5.86. The van der Waals surface area contributed by atoms with Crippen LogP contribution in [0.1, 0.15) is 52.1 Å². The second kappa shape index (κ2) is 12.4. The number of allylic oxidation sites excluding steroid dienone is 4. The molecule has 3 aromatic rings. The van der Waals surface area contributed by atoms with Gasteiger partial charge in [-0.05, 0) is 72.9 Å². The summed E-state index contributed by atoms with van der Waals surface area (Å²) in [6.45, 7) is 3.64. The van der Waals surface area contributed by atoms with Crippen LogP contribution in [-0.4, -0.2) is 0 Å². The average Bonchev–Trinajstić information content (AvgIpc) is 2.89. The SMILES string of the molecule is C=CCCc1ccc(C#Cc2cc(F)c(C(F)(F)OC3=CCC(c4cc(F)c(C(F)(F)F)c(F)c4)C(F)=C3)c(F)c2)cc1. The van der Waals surface area contributed by atoms with E-state index in [2.05, 4.69) is 23.2 Å². The Morgan fingerprint density at radius 2 is 1.35 bits per heavy atom. The van der Waals surface area contributed by atoms with Gasteiger partial charge in [0.25, 0.3) is 0 Å². The van der Waals surface area contributed by atoms with Crippen LogP contribution in [0, 0.1) is 35.1 Å². The van der Waals surface area contributed by atoms with Crippen LogP contribution < -0.4 is 0 Å². The summed E-state index contributed by atoms with van der Waals surface area (Å²) in [5.41, 5.74) is -3.17. The highest BCUT2D eigenvalue weighted by Crippen LogP contribution is 2.42. The lowest BCUT2D eigenvalue weighted by Gasteiger charge is -2.24. The zero-order chi connectivity index (χ0) is 31.5. The van der Waals surface area contributed by atoms with Gasteiger partial charge in [0, 0.05) is 23.1 Å². The molecule has 0 heterocycles. The van der Waals surface area contributed by atoms with Crippen molar-refractivity contribution in [3.63, 3.8) is 0 Å². The Hall–Kier alpha value is -4.46. The predicted molar refractivity (Wildman–Crippen MR) is 138 cm³/mol. The number of halogens is 10. The Bertz CT molecular complexity index is 1610. The zero-order valence-corrected chi connectivity index (χ0v) is 21.9. The third kappa shape index (κ3) is 7.31. The Kier molecular flexibility index (Phi) is 9.09. The Morgan fingerprint density at radius 3 is 1.88 bits per heavy atom. The standard InChI is InChI=1S/C32H20F10O/c1-2-3-4-18-5-7-19(8-6-18)9-10-20-13-25(34)30(26(35)14-20)32(41,42)43-22-11-12-23(24(33)17-22)21-15-27(36)29(28(37)16-21)31(38,39)40/h2,5-8,11,13-17,23H,1,3-4,12H2. The van der Waals surface area contributed by atoms with Gasteiger partial charge in [-0.25, -0.2) is 22.0 Å². The summed E-state index contributed by atoms with van der Waals surface area (Å²) in [4.78, 5) is 0. The summed E-state index contributed by atoms with van der Waals surface area (Å²) < 4.78 is 144. The van der Waals surface area contributed by atoms with Crippen LogP contribution in [0.5, 0.6) is 0 Å². The lowest BCUT2D eigenvalue weighted by Crippen LogP contribution is -2.22. The molecule has 3 aromatic carbocycles. The van der Waals surface area contributed by atoms with Gasteiger partial charge in [0.15, 0.2) is 0 Å². The van der Waals surface area contributed by atoms with Crippen LogP contribution in [0.25, 0.3) is 0 Å². The molecule has 0 bridgehead atoms. The van der Waals surface area contributed by atoms with Crippen molar-refractivity contribution in [2.24, 2.45) is 0 Å². The molecular weight excluding hydrogens is 590 g/mol. The van der Waals surface area contributed by atoms with Gasteiger partial charge in [0.1, 0.15) is 46.0 Å². The molecule has 0 saturated heterocycles. The molecule has 43 heavy (non-hydrogen) atoms. The number of rotatable bonds is 7. The summed E-state index contributed by atoms with van der Waals surface area (Å²) in [5, 5.41) is 0. The molecule has 1 unspecified atom stereocenters. The third-order valence-electron chi connectivity index (χ3n) is 6.44. The molecular formula is C32H20F10O. The van der Waals surface area contributed by atoms with E-state index >= 15 is 0 Å². The minimum absolute atomic E-state index is 0.244. The predicted octanol–water partition coefficient (Wildman–Crippen LogP) is 9.77. The van der Waals surface area contributed by atoms with Gasteiger partial charge in [0.05, 0.1) is 0 Å². The van der Waals surface area contributed by atoms with Crippen molar-refractivity contribution < 1.29 is 48.6 Å². The van der Waals surface area contributed by atoms with E-state index in [-0.39, 0.29) is 17.7 Å². The quantitative estimate of drug-likeness (QED) is 0.147. The van der Waals surface area contributed by atoms with Crippen LogP contribution in [0.4, 0.5) is 43.9 Å². The van der Waals surface area contributed by atoms with Gasteiger partial charge < -0.3 is 4.74 Å². The highest BCUT2D eigenvalue weighted by atomic mass is 19.4. The molecule has 0 aliphatic heterocycles. The first kappa shape index (κ1) is 31.5. The number of alkyl halides is 5. The summed E-state index contributed by atoms with van der Waals surface area (Å²) in [6, 6.07) is 8.74. The highest BCUT2D eigenvalue weighted by molar-refractivity contribution is 5.45. The van der Waals surface area contributed by atoms with Crippen molar-refractivity contribution in [1.29, 1.82) is 0 Å². The van der Waals surface area contributed by atoms with Gasteiger partial charge in [0.2, 0.25) is 0 Å². The molecule has 0 fully saturated rings. The molecule has 0 N–H and O–H groups in total. The first-order valence-electron chi connectivity index (χ1n) is 12.6. The van der Waals surface area contributed by atoms with Gasteiger partial charge in [-0.2, -0.15) is 22.0 Å². The molecule has 0 spiro atoms. The second-order valence-electron chi connectivity index (χ2n) is 9.49. The van der Waals surface area contributed by atoms with E-state index in [0.717, 1.165) is 24.5 Å². The molecule has 0 aromatic heterocycles. The van der Waals surface area contributed by atoms with Crippen LogP contribution in [-0.2, 0) is 23.4 Å². The number of benzene rings is 3. The van der Waals surface area contributed by atoms with Crippen LogP contribution >= 0.6 is 0 Å². The number of aryl methyl sites for hydroxylation is 1. The van der Waals surface area contributed by atoms with E-state index in [9.17, 15) is 43.9 Å². The molecule has 1 aliphatic carbocycles. The molecule has 0 radical (unpaired) electrons. The van der Waals surface area contributed by atoms with E-state index < -0.39 is 76.2 Å². The molecule has 11 heteroatoms. The summed E-state index contributed by atoms with van der Waals surface area (Å²) in [7, 11) is 0. The van der Waals surface area contributed by atoms with Gasteiger partial charge in [-0.1, -0.05) is 30.0 Å². The maximum Gasteiger partial charge on any atom is 0.432 e. The van der Waals surface area contributed by atoms with Crippen molar-refractivity contribution in [2.75, 3.05) is 0 Å². The minimum Gasteiger partial charge on any atom is -0.429 e. The fraction of sp³-hybridized carbons (Fsp3) is 0.188. The maximum atomic E-state index is 14.8. The third-order valence-corrected chi connectivity index (χ3v) is 6.44. The highest BCUT2D eigenvalue weighted by Gasteiger charge is 2.42. The van der Waals surface area contributed by atoms with Crippen molar-refractivity contribution in [2.45, 2.75) is 37.5 Å². The largest absolute Gasteiger partial charge is 0.432 e. The Morgan fingerprint density at radius 1 is 0.791 bits per heavy atom. The molecule has 224 valence electrons. The first-order chi connectivity index (χ1) is 20.2. The summed E-state index contributed by atoms with van der Waals surface area (Å²) >= 11 is 0. The van der Waals surface area contributed by atoms with E-state index in [1.54, 1.807) is 18.2 Å². The van der Waals surface area contributed by atoms with E-state index in [4.69, 9.17) is 0 Å². The molecule has 0 amide bonds. The molecule has 1 aliphatic rings. The Balaban J connectivity index is 1.50. The van der Waals surface area contributed by atoms with E-state index in [1.165, 1.54) is 0 Å². The van der Waals surface area contributed by atoms with Crippen LogP contribution in [0.2, 0.25) is 0 Å². The normalized spacial score (nSPS) is 15.3. The van der Waals surface area contributed by atoms with Gasteiger partial charge >= 0.3 is 12.3 Å². The van der Waals surface area contributed by atoms with Crippen molar-refractivity contribution in [3.05, 3.63) is 142 Å². The van der Waals surface area contributed by atoms with Crippen LogP contribution in [0.15, 0.2) is 84.9 Å². The number of hydrogen-bond acceptors (Lipinski definition) is 1. The monoisotopic (exact) mass is 610 g/mol. The molecule has 1 nitrogen and oxygen atoms in total. The first-order valence-corrected chi connectivity index (χ1v) is 12.6. The number of ether oxygens (including phenoxy) is 1. The van der Waals surface area contributed by atoms with Crippen molar-refractivity contribution in [1.82, 2.24) is 0 Å². The minimum atomic E-state index is -5.34. The zero-order valence-electron chi connectivity index (χ0n) is 21.9. The van der Waals surface area contributed by atoms with E-state index in [1.807, 2.05) is 12.1 Å². The molecule has 0 saturated carbocycles. The maximum absolute atomic E-state index is 14.8. The lowest BCUT2D eigenvalue weighted by molar-refractivity contribution is -0.225. The van der Waals surface area contributed by atoms with Gasteiger partial charge in [-0.15, -0.1) is 6.58 Å².